The molecule has 0 unspecified atom stereocenters. The van der Waals surface area contributed by atoms with Gasteiger partial charge in [0.25, 0.3) is 0 Å². The Labute approximate surface area is 160 Å². The minimum Gasteiger partial charge on any atom is -0.294 e. The van der Waals surface area contributed by atoms with E-state index in [0.717, 1.165) is 27.5 Å². The third kappa shape index (κ3) is 4.24. The molecule has 0 spiro atoms. The van der Waals surface area contributed by atoms with E-state index in [-0.39, 0.29) is 11.7 Å². The van der Waals surface area contributed by atoms with Gasteiger partial charge in [0, 0.05) is 21.6 Å². The number of thiophene rings is 1. The van der Waals surface area contributed by atoms with Gasteiger partial charge >= 0.3 is 6.18 Å². The zero-order valence-corrected chi connectivity index (χ0v) is 16.2. The van der Waals surface area contributed by atoms with Crippen LogP contribution in [0.3, 0.4) is 0 Å². The second kappa shape index (κ2) is 7.47. The van der Waals surface area contributed by atoms with E-state index in [1.54, 1.807) is 12.1 Å². The van der Waals surface area contributed by atoms with Crippen LogP contribution in [0.15, 0.2) is 36.4 Å². The number of benzene rings is 2. The van der Waals surface area contributed by atoms with Crippen LogP contribution in [0.5, 0.6) is 0 Å². The van der Waals surface area contributed by atoms with Crippen LogP contribution >= 0.6 is 11.3 Å². The molecular formula is C22H20F3OS. The Morgan fingerprint density at radius 1 is 1.19 bits per heavy atom. The van der Waals surface area contributed by atoms with Crippen molar-refractivity contribution in [3.05, 3.63) is 69.6 Å². The first-order chi connectivity index (χ1) is 12.7. The van der Waals surface area contributed by atoms with E-state index in [0.29, 0.717) is 23.1 Å². The van der Waals surface area contributed by atoms with E-state index in [1.807, 2.05) is 32.9 Å². The first-order valence-corrected chi connectivity index (χ1v) is 9.63. The highest BCUT2D eigenvalue weighted by atomic mass is 32.1. The maximum absolute atomic E-state index is 13.0. The zero-order valence-electron chi connectivity index (χ0n) is 15.4. The molecule has 0 bridgehead atoms. The summed E-state index contributed by atoms with van der Waals surface area (Å²) in [5, 5.41) is 0.854. The molecule has 0 amide bonds. The Balaban J connectivity index is 1.91. The number of ketones is 1. The van der Waals surface area contributed by atoms with E-state index in [4.69, 9.17) is 0 Å². The lowest BCUT2D eigenvalue weighted by atomic mass is 9.96. The van der Waals surface area contributed by atoms with Crippen LogP contribution in [0.2, 0.25) is 0 Å². The number of halogens is 3. The zero-order chi connectivity index (χ0) is 19.8. The summed E-state index contributed by atoms with van der Waals surface area (Å²) in [6, 6.07) is 12.4. The molecule has 1 nitrogen and oxygen atoms in total. The average molecular weight is 389 g/mol. The fraction of sp³-hybridized carbons (Fsp3) is 0.318. The summed E-state index contributed by atoms with van der Waals surface area (Å²) in [7, 11) is 0. The maximum Gasteiger partial charge on any atom is 0.416 e. The highest BCUT2D eigenvalue weighted by Gasteiger charge is 2.31. The molecule has 0 atom stereocenters. The van der Waals surface area contributed by atoms with Gasteiger partial charge in [-0.15, -0.1) is 11.3 Å². The average Bonchev–Trinajstić information content (AvgIpc) is 2.96. The molecule has 0 aliphatic heterocycles. The van der Waals surface area contributed by atoms with Crippen molar-refractivity contribution in [3.63, 3.8) is 0 Å². The normalized spacial score (nSPS) is 12.1. The second-order valence-corrected chi connectivity index (χ2v) is 8.11. The van der Waals surface area contributed by atoms with Crippen LogP contribution in [0.1, 0.15) is 58.1 Å². The number of carbonyl (C=O) groups is 1. The van der Waals surface area contributed by atoms with Gasteiger partial charge in [0.2, 0.25) is 0 Å². The van der Waals surface area contributed by atoms with Gasteiger partial charge in [0.1, 0.15) is 0 Å². The first-order valence-electron chi connectivity index (χ1n) is 8.81. The Bertz CT molecular complexity index is 983. The van der Waals surface area contributed by atoms with Gasteiger partial charge in [0.15, 0.2) is 5.78 Å². The summed E-state index contributed by atoms with van der Waals surface area (Å²) in [5.41, 5.74) is 1.88. The van der Waals surface area contributed by atoms with E-state index in [9.17, 15) is 18.0 Å². The van der Waals surface area contributed by atoms with Crippen molar-refractivity contribution < 1.29 is 18.0 Å². The summed E-state index contributed by atoms with van der Waals surface area (Å²) >= 11 is 1.36. The van der Waals surface area contributed by atoms with Gasteiger partial charge in [-0.3, -0.25) is 4.79 Å². The Morgan fingerprint density at radius 3 is 2.56 bits per heavy atom. The Hall–Kier alpha value is -2.14. The highest BCUT2D eigenvalue weighted by Crippen LogP contribution is 2.40. The van der Waals surface area contributed by atoms with Crippen molar-refractivity contribution >= 4 is 27.2 Å². The van der Waals surface area contributed by atoms with Crippen LogP contribution in [0.4, 0.5) is 13.2 Å². The van der Waals surface area contributed by atoms with Crippen LogP contribution < -0.4 is 0 Å². The molecule has 3 rings (SSSR count). The van der Waals surface area contributed by atoms with E-state index < -0.39 is 11.7 Å². The summed E-state index contributed by atoms with van der Waals surface area (Å²) in [6.07, 6.45) is -3.51. The lowest BCUT2D eigenvalue weighted by Gasteiger charge is -2.09. The Kier molecular flexibility index (Phi) is 5.43. The van der Waals surface area contributed by atoms with Crippen LogP contribution in [0.25, 0.3) is 10.1 Å². The van der Waals surface area contributed by atoms with Crippen LogP contribution in [-0.2, 0) is 12.6 Å². The van der Waals surface area contributed by atoms with Crippen molar-refractivity contribution in [1.29, 1.82) is 0 Å². The van der Waals surface area contributed by atoms with Crippen LogP contribution in [0, 0.1) is 13.0 Å². The number of fused-ring (bicyclic) bond motifs is 1. The van der Waals surface area contributed by atoms with Gasteiger partial charge in [-0.25, -0.2) is 0 Å². The molecule has 141 valence electrons. The summed E-state index contributed by atoms with van der Waals surface area (Å²) in [6.45, 7) is 5.94. The predicted octanol–water partition coefficient (Wildman–Crippen LogP) is 6.97. The van der Waals surface area contributed by atoms with Crippen molar-refractivity contribution in [3.8, 4) is 0 Å². The van der Waals surface area contributed by atoms with E-state index in [2.05, 4.69) is 6.07 Å². The first kappa shape index (κ1) is 19.6. The fourth-order valence-corrected chi connectivity index (χ4v) is 4.67. The summed E-state index contributed by atoms with van der Waals surface area (Å²) < 4.78 is 39.7. The van der Waals surface area contributed by atoms with Gasteiger partial charge in [-0.2, -0.15) is 13.2 Å². The lowest BCUT2D eigenvalue weighted by molar-refractivity contribution is -0.137. The molecule has 0 aliphatic rings. The molecule has 2 aromatic carbocycles. The number of carbonyl (C=O) groups excluding carboxylic acids is 1. The predicted molar refractivity (Wildman–Crippen MR) is 104 cm³/mol. The number of hydrogen-bond donors (Lipinski definition) is 0. The molecular weight excluding hydrogens is 369 g/mol. The standard InChI is InChI=1S/C22H20F3OS/c1-13(2)21-17-8-7-16(22(23,24)25)12-20(17)27-19(21)10-9-18(26)15-6-4-5-14(3)11-15/h4-8,12-13H,9-10H2,1-3H3. The fourth-order valence-electron chi connectivity index (χ4n) is 3.27. The van der Waals surface area contributed by atoms with Crippen LogP contribution in [-0.4, -0.2) is 5.78 Å². The van der Waals surface area contributed by atoms with Gasteiger partial charge in [0.05, 0.1) is 5.56 Å². The minimum absolute atomic E-state index is 0.00171. The summed E-state index contributed by atoms with van der Waals surface area (Å²) in [4.78, 5) is 13.5. The number of aryl methyl sites for hydroxylation is 2. The third-order valence-electron chi connectivity index (χ3n) is 4.53. The number of rotatable bonds is 5. The van der Waals surface area contributed by atoms with Crippen molar-refractivity contribution in [1.82, 2.24) is 0 Å². The van der Waals surface area contributed by atoms with Gasteiger partial charge in [-0.05, 0) is 54.0 Å². The smallest absolute Gasteiger partial charge is 0.294 e. The largest absolute Gasteiger partial charge is 0.416 e. The molecule has 3 aromatic rings. The molecule has 1 heterocycles. The minimum atomic E-state index is -4.35. The molecule has 1 aromatic heterocycles. The molecule has 0 saturated heterocycles. The number of alkyl halides is 3. The van der Waals surface area contributed by atoms with Crippen molar-refractivity contribution in [2.45, 2.75) is 45.7 Å². The molecule has 0 N–H and O–H groups in total. The lowest BCUT2D eigenvalue weighted by Crippen LogP contribution is -2.04. The topological polar surface area (TPSA) is 17.1 Å². The molecule has 5 heteroatoms. The van der Waals surface area contributed by atoms with Gasteiger partial charge in [-0.1, -0.05) is 38.1 Å². The summed E-state index contributed by atoms with van der Waals surface area (Å²) in [5.74, 6) is 0.174. The monoisotopic (exact) mass is 389 g/mol. The molecule has 0 fully saturated rings. The molecule has 0 aliphatic carbocycles. The molecule has 1 radical (unpaired) electrons. The highest BCUT2D eigenvalue weighted by molar-refractivity contribution is 7.19. The quantitative estimate of drug-likeness (QED) is 0.431. The van der Waals surface area contributed by atoms with Crippen molar-refractivity contribution in [2.24, 2.45) is 0 Å². The van der Waals surface area contributed by atoms with Crippen molar-refractivity contribution in [2.75, 3.05) is 0 Å². The maximum atomic E-state index is 13.0. The second-order valence-electron chi connectivity index (χ2n) is 6.97. The number of Topliss-reactive ketones (excluding diaryl/α,β-unsaturated/α-hetero) is 1. The third-order valence-corrected chi connectivity index (χ3v) is 5.76. The van der Waals surface area contributed by atoms with E-state index in [1.165, 1.54) is 17.4 Å². The number of hydrogen-bond acceptors (Lipinski definition) is 2. The Morgan fingerprint density at radius 2 is 1.93 bits per heavy atom. The van der Waals surface area contributed by atoms with Gasteiger partial charge < -0.3 is 0 Å². The molecule has 0 saturated carbocycles. The molecule has 27 heavy (non-hydrogen) atoms. The SMILES string of the molecule is Cc1[c]c(C(=O)CCc2sc3cc(C(F)(F)F)ccc3c2C(C)C)ccc1. The van der Waals surface area contributed by atoms with E-state index >= 15 is 0 Å².